The molecule has 1 aromatic rings. The average Bonchev–Trinajstić information content (AvgIpc) is 2.33. The lowest BCUT2D eigenvalue weighted by Gasteiger charge is -2.39. The summed E-state index contributed by atoms with van der Waals surface area (Å²) in [6.45, 7) is 0. The molecular formula is C14H17ClO3. The third-order valence-corrected chi connectivity index (χ3v) is 3.94. The number of halogens is 1. The number of rotatable bonds is 4. The fourth-order valence-electron chi connectivity index (χ4n) is 2.52. The maximum atomic E-state index is 11.9. The molecule has 0 aliphatic heterocycles. The quantitative estimate of drug-likeness (QED) is 0.787. The van der Waals surface area contributed by atoms with E-state index >= 15 is 0 Å². The lowest BCUT2D eigenvalue weighted by molar-refractivity contribution is -0.158. The number of benzene rings is 1. The third-order valence-electron chi connectivity index (χ3n) is 3.70. The first-order valence-corrected chi connectivity index (χ1v) is 6.40. The van der Waals surface area contributed by atoms with E-state index < -0.39 is 0 Å². The van der Waals surface area contributed by atoms with Gasteiger partial charge < -0.3 is 9.47 Å². The van der Waals surface area contributed by atoms with Crippen LogP contribution < -0.4 is 4.74 Å². The molecule has 0 amide bonds. The molecule has 1 aliphatic carbocycles. The van der Waals surface area contributed by atoms with Gasteiger partial charge >= 0.3 is 5.97 Å². The first kappa shape index (κ1) is 13.2. The topological polar surface area (TPSA) is 35.5 Å². The maximum absolute atomic E-state index is 11.9. The van der Waals surface area contributed by atoms with E-state index in [1.54, 1.807) is 13.2 Å². The fourth-order valence-corrected chi connectivity index (χ4v) is 2.72. The second kappa shape index (κ2) is 5.19. The smallest absolute Gasteiger partial charge is 0.312 e. The van der Waals surface area contributed by atoms with Gasteiger partial charge in [-0.25, -0.2) is 0 Å². The highest BCUT2D eigenvalue weighted by Gasteiger charge is 2.45. The third kappa shape index (κ3) is 2.32. The summed E-state index contributed by atoms with van der Waals surface area (Å²) >= 11 is 6.01. The lowest BCUT2D eigenvalue weighted by atomic mass is 9.65. The minimum atomic E-state index is -0.382. The summed E-state index contributed by atoms with van der Waals surface area (Å²) in [4.78, 5) is 11.9. The summed E-state index contributed by atoms with van der Waals surface area (Å²) in [5, 5.41) is 0.658. The normalized spacial score (nSPS) is 16.8. The van der Waals surface area contributed by atoms with Crippen LogP contribution in [-0.4, -0.2) is 20.2 Å². The van der Waals surface area contributed by atoms with Gasteiger partial charge in [0.15, 0.2) is 0 Å². The summed E-state index contributed by atoms with van der Waals surface area (Å²) in [6.07, 6.45) is 3.44. The van der Waals surface area contributed by atoms with Gasteiger partial charge in [0.25, 0.3) is 0 Å². The van der Waals surface area contributed by atoms with Gasteiger partial charge in [-0.15, -0.1) is 0 Å². The predicted molar refractivity (Wildman–Crippen MR) is 70.0 cm³/mol. The SMILES string of the molecule is COC(=O)C1(Cc2cc(Cl)ccc2OC)CCC1. The molecule has 0 radical (unpaired) electrons. The first-order valence-electron chi connectivity index (χ1n) is 6.02. The summed E-state index contributed by atoms with van der Waals surface area (Å²) in [5.74, 6) is 0.644. The number of hydrogen-bond donors (Lipinski definition) is 0. The van der Waals surface area contributed by atoms with E-state index in [2.05, 4.69) is 0 Å². The van der Waals surface area contributed by atoms with E-state index in [0.29, 0.717) is 11.4 Å². The molecule has 0 atom stereocenters. The van der Waals surface area contributed by atoms with Crippen molar-refractivity contribution >= 4 is 17.6 Å². The van der Waals surface area contributed by atoms with Gasteiger partial charge in [0.1, 0.15) is 5.75 Å². The molecule has 0 N–H and O–H groups in total. The molecule has 0 saturated heterocycles. The molecule has 1 saturated carbocycles. The van der Waals surface area contributed by atoms with Crippen molar-refractivity contribution in [2.75, 3.05) is 14.2 Å². The summed E-state index contributed by atoms with van der Waals surface area (Å²) in [6, 6.07) is 5.49. The van der Waals surface area contributed by atoms with E-state index in [4.69, 9.17) is 21.1 Å². The minimum Gasteiger partial charge on any atom is -0.496 e. The van der Waals surface area contributed by atoms with Crippen LogP contribution in [0.5, 0.6) is 5.75 Å². The second-order valence-electron chi connectivity index (χ2n) is 4.76. The fraction of sp³-hybridized carbons (Fsp3) is 0.500. The maximum Gasteiger partial charge on any atom is 0.312 e. The van der Waals surface area contributed by atoms with Gasteiger partial charge in [-0.3, -0.25) is 4.79 Å². The van der Waals surface area contributed by atoms with Crippen LogP contribution in [0.4, 0.5) is 0 Å². The van der Waals surface area contributed by atoms with Crippen molar-refractivity contribution < 1.29 is 14.3 Å². The minimum absolute atomic E-state index is 0.129. The average molecular weight is 269 g/mol. The van der Waals surface area contributed by atoms with Gasteiger partial charge in [0.05, 0.1) is 19.6 Å². The molecular weight excluding hydrogens is 252 g/mol. The van der Waals surface area contributed by atoms with Crippen LogP contribution in [0.25, 0.3) is 0 Å². The van der Waals surface area contributed by atoms with Gasteiger partial charge in [-0.2, -0.15) is 0 Å². The van der Waals surface area contributed by atoms with Crippen molar-refractivity contribution in [3.8, 4) is 5.75 Å². The Morgan fingerprint density at radius 1 is 1.39 bits per heavy atom. The van der Waals surface area contributed by atoms with Crippen LogP contribution in [0.15, 0.2) is 18.2 Å². The zero-order valence-corrected chi connectivity index (χ0v) is 11.4. The molecule has 1 aromatic carbocycles. The number of carbonyl (C=O) groups is 1. The molecule has 0 aromatic heterocycles. The molecule has 0 bridgehead atoms. The molecule has 0 unspecified atom stereocenters. The Labute approximate surface area is 112 Å². The van der Waals surface area contributed by atoms with Crippen LogP contribution in [0.2, 0.25) is 5.02 Å². The second-order valence-corrected chi connectivity index (χ2v) is 5.19. The first-order chi connectivity index (χ1) is 8.61. The van der Waals surface area contributed by atoms with E-state index in [-0.39, 0.29) is 11.4 Å². The zero-order chi connectivity index (χ0) is 13.2. The van der Waals surface area contributed by atoms with Gasteiger partial charge in [0.2, 0.25) is 0 Å². The molecule has 3 nitrogen and oxygen atoms in total. The molecule has 0 heterocycles. The van der Waals surface area contributed by atoms with Crippen molar-refractivity contribution in [3.63, 3.8) is 0 Å². The predicted octanol–water partition coefficient (Wildman–Crippen LogP) is 3.23. The number of ether oxygens (including phenoxy) is 2. The van der Waals surface area contributed by atoms with Crippen LogP contribution in [-0.2, 0) is 16.0 Å². The van der Waals surface area contributed by atoms with Crippen molar-refractivity contribution in [2.24, 2.45) is 5.41 Å². The van der Waals surface area contributed by atoms with Gasteiger partial charge in [0, 0.05) is 5.02 Å². The Hall–Kier alpha value is -1.22. The van der Waals surface area contributed by atoms with Crippen molar-refractivity contribution in [1.82, 2.24) is 0 Å². The van der Waals surface area contributed by atoms with Gasteiger partial charge in [-0.1, -0.05) is 18.0 Å². The molecule has 1 aliphatic rings. The van der Waals surface area contributed by atoms with Crippen molar-refractivity contribution in [2.45, 2.75) is 25.7 Å². The molecule has 2 rings (SSSR count). The van der Waals surface area contributed by atoms with Crippen LogP contribution in [0.1, 0.15) is 24.8 Å². The number of esters is 1. The van der Waals surface area contributed by atoms with E-state index in [1.165, 1.54) is 7.11 Å². The van der Waals surface area contributed by atoms with Gasteiger partial charge in [-0.05, 0) is 43.0 Å². The molecule has 98 valence electrons. The van der Waals surface area contributed by atoms with E-state index in [9.17, 15) is 4.79 Å². The summed E-state index contributed by atoms with van der Waals surface area (Å²) in [5.41, 5.74) is 0.585. The Kier molecular flexibility index (Phi) is 3.81. The monoisotopic (exact) mass is 268 g/mol. The Morgan fingerprint density at radius 3 is 2.61 bits per heavy atom. The van der Waals surface area contributed by atoms with Crippen LogP contribution in [0.3, 0.4) is 0 Å². The number of carbonyl (C=O) groups excluding carboxylic acids is 1. The van der Waals surface area contributed by atoms with Crippen molar-refractivity contribution in [1.29, 1.82) is 0 Å². The standard InChI is InChI=1S/C14H17ClO3/c1-17-12-5-4-11(15)8-10(12)9-14(6-3-7-14)13(16)18-2/h4-5,8H,3,6-7,9H2,1-2H3. The molecule has 18 heavy (non-hydrogen) atoms. The van der Waals surface area contributed by atoms with Crippen LogP contribution in [0, 0.1) is 5.41 Å². The Balaban J connectivity index is 2.27. The Morgan fingerprint density at radius 2 is 2.11 bits per heavy atom. The lowest BCUT2D eigenvalue weighted by Crippen LogP contribution is -2.40. The highest BCUT2D eigenvalue weighted by molar-refractivity contribution is 6.30. The molecule has 1 fully saturated rings. The zero-order valence-electron chi connectivity index (χ0n) is 10.7. The summed E-state index contributed by atoms with van der Waals surface area (Å²) in [7, 11) is 3.07. The van der Waals surface area contributed by atoms with Crippen molar-refractivity contribution in [3.05, 3.63) is 28.8 Å². The number of hydrogen-bond acceptors (Lipinski definition) is 3. The molecule has 0 spiro atoms. The Bertz CT molecular complexity index is 452. The number of methoxy groups -OCH3 is 2. The highest BCUT2D eigenvalue weighted by atomic mass is 35.5. The van der Waals surface area contributed by atoms with E-state index in [1.807, 2.05) is 12.1 Å². The largest absolute Gasteiger partial charge is 0.496 e. The van der Waals surface area contributed by atoms with Crippen LogP contribution >= 0.6 is 11.6 Å². The summed E-state index contributed by atoms with van der Waals surface area (Å²) < 4.78 is 10.2. The van der Waals surface area contributed by atoms with E-state index in [0.717, 1.165) is 30.6 Å². The highest BCUT2D eigenvalue weighted by Crippen LogP contribution is 2.46. The molecule has 4 heteroatoms.